The SMILES string of the molecule is N#CC1(c2ccc(-c3c(F)cc(N4C[C@H](CNc5ccon5)OC4=O)cc3F)cn2)[C@@H]2CNC[C@@H]21. The van der Waals surface area contributed by atoms with Gasteiger partial charge in [-0.25, -0.2) is 13.6 Å². The maximum absolute atomic E-state index is 15.1. The highest BCUT2D eigenvalue weighted by Crippen LogP contribution is 2.60. The average molecular weight is 478 g/mol. The zero-order chi connectivity index (χ0) is 24.2. The Kier molecular flexibility index (Phi) is 4.93. The van der Waals surface area contributed by atoms with Crippen molar-refractivity contribution in [3.63, 3.8) is 0 Å². The van der Waals surface area contributed by atoms with Gasteiger partial charge in [0.05, 0.1) is 36.1 Å². The molecule has 4 atom stereocenters. The van der Waals surface area contributed by atoms with Crippen LogP contribution in [0.1, 0.15) is 5.69 Å². The monoisotopic (exact) mass is 478 g/mol. The van der Waals surface area contributed by atoms with Crippen molar-refractivity contribution in [2.45, 2.75) is 11.5 Å². The Morgan fingerprint density at radius 1 is 1.23 bits per heavy atom. The van der Waals surface area contributed by atoms with Crippen molar-refractivity contribution >= 4 is 17.6 Å². The first-order chi connectivity index (χ1) is 17.0. The Morgan fingerprint density at radius 2 is 2.00 bits per heavy atom. The van der Waals surface area contributed by atoms with E-state index in [9.17, 15) is 10.1 Å². The molecule has 0 spiro atoms. The number of nitrogens with zero attached hydrogens (tertiary/aromatic N) is 4. The van der Waals surface area contributed by atoms with Crippen LogP contribution in [-0.4, -0.2) is 48.5 Å². The van der Waals surface area contributed by atoms with Gasteiger partial charge in [-0.15, -0.1) is 0 Å². The lowest BCUT2D eigenvalue weighted by molar-refractivity contribution is 0.147. The molecule has 1 amide bonds. The molecule has 2 saturated heterocycles. The third-order valence-electron chi connectivity index (χ3n) is 7.10. The number of benzene rings is 1. The molecule has 1 aliphatic carbocycles. The van der Waals surface area contributed by atoms with Crippen LogP contribution in [0.15, 0.2) is 47.3 Å². The van der Waals surface area contributed by atoms with Gasteiger partial charge in [-0.1, -0.05) is 11.2 Å². The number of aromatic nitrogens is 2. The van der Waals surface area contributed by atoms with Crippen LogP contribution in [0, 0.1) is 34.8 Å². The first-order valence-corrected chi connectivity index (χ1v) is 11.2. The van der Waals surface area contributed by atoms with Crippen LogP contribution in [0.2, 0.25) is 0 Å². The van der Waals surface area contributed by atoms with Crippen LogP contribution >= 0.6 is 0 Å². The van der Waals surface area contributed by atoms with Crippen molar-refractivity contribution in [3.8, 4) is 17.2 Å². The number of hydrogen-bond donors (Lipinski definition) is 2. The second kappa shape index (κ2) is 8.02. The fourth-order valence-electron chi connectivity index (χ4n) is 5.28. The number of carbonyl (C=O) groups is 1. The number of carbonyl (C=O) groups excluding carboxylic acids is 1. The van der Waals surface area contributed by atoms with E-state index in [1.54, 1.807) is 18.2 Å². The average Bonchev–Trinajstić information content (AvgIpc) is 3.38. The minimum Gasteiger partial charge on any atom is -0.442 e. The van der Waals surface area contributed by atoms with Crippen molar-refractivity contribution in [1.29, 1.82) is 5.26 Å². The molecule has 1 unspecified atom stereocenters. The van der Waals surface area contributed by atoms with Crippen LogP contribution in [0.5, 0.6) is 0 Å². The maximum atomic E-state index is 15.1. The Balaban J connectivity index is 1.20. The normalized spacial score (nSPS) is 26.8. The van der Waals surface area contributed by atoms with Gasteiger partial charge < -0.3 is 19.9 Å². The van der Waals surface area contributed by atoms with Gasteiger partial charge in [0.15, 0.2) is 5.82 Å². The maximum Gasteiger partial charge on any atom is 0.414 e. The fourth-order valence-corrected chi connectivity index (χ4v) is 5.28. The van der Waals surface area contributed by atoms with Crippen LogP contribution in [0.3, 0.4) is 0 Å². The highest BCUT2D eigenvalue weighted by Gasteiger charge is 2.69. The van der Waals surface area contributed by atoms with Crippen molar-refractivity contribution in [2.24, 2.45) is 11.8 Å². The zero-order valence-electron chi connectivity index (χ0n) is 18.4. The smallest absolute Gasteiger partial charge is 0.414 e. The number of piperidine rings is 1. The summed E-state index contributed by atoms with van der Waals surface area (Å²) in [5.41, 5.74) is 0.0750. The van der Waals surface area contributed by atoms with Gasteiger partial charge in [0.2, 0.25) is 0 Å². The van der Waals surface area contributed by atoms with Gasteiger partial charge >= 0.3 is 6.09 Å². The molecule has 2 aliphatic heterocycles. The highest BCUT2D eigenvalue weighted by atomic mass is 19.1. The van der Waals surface area contributed by atoms with E-state index in [0.717, 1.165) is 25.2 Å². The molecule has 2 aromatic heterocycles. The number of halogens is 2. The van der Waals surface area contributed by atoms with Crippen LogP contribution < -0.4 is 15.5 Å². The number of nitriles is 1. The van der Waals surface area contributed by atoms with E-state index in [1.165, 1.54) is 17.4 Å². The van der Waals surface area contributed by atoms with Crippen molar-refractivity contribution in [1.82, 2.24) is 15.5 Å². The summed E-state index contributed by atoms with van der Waals surface area (Å²) in [5, 5.41) is 19.7. The molecule has 35 heavy (non-hydrogen) atoms. The van der Waals surface area contributed by atoms with Gasteiger partial charge in [-0.3, -0.25) is 9.88 Å². The number of anilines is 2. The van der Waals surface area contributed by atoms with Gasteiger partial charge in [-0.2, -0.15) is 5.26 Å². The van der Waals surface area contributed by atoms with Crippen LogP contribution in [-0.2, 0) is 10.2 Å². The van der Waals surface area contributed by atoms with E-state index < -0.39 is 29.2 Å². The third-order valence-corrected chi connectivity index (χ3v) is 7.10. The zero-order valence-corrected chi connectivity index (χ0v) is 18.4. The Bertz CT molecular complexity index is 1290. The van der Waals surface area contributed by atoms with E-state index in [0.29, 0.717) is 11.5 Å². The predicted octanol–water partition coefficient (Wildman–Crippen LogP) is 3.06. The minimum atomic E-state index is -0.825. The van der Waals surface area contributed by atoms with Gasteiger partial charge in [0.1, 0.15) is 29.4 Å². The summed E-state index contributed by atoms with van der Waals surface area (Å²) in [6.07, 6.45) is 1.57. The first-order valence-electron chi connectivity index (χ1n) is 11.2. The molecule has 9 nitrogen and oxygen atoms in total. The minimum absolute atomic E-state index is 0.0593. The highest BCUT2D eigenvalue weighted by molar-refractivity contribution is 5.90. The van der Waals surface area contributed by atoms with Gasteiger partial charge in [-0.05, 0) is 18.2 Å². The molecule has 3 aliphatic rings. The number of ether oxygens (including phenoxy) is 1. The number of hydrogen-bond acceptors (Lipinski definition) is 8. The van der Waals surface area contributed by atoms with Gasteiger partial charge in [0.25, 0.3) is 0 Å². The number of amides is 1. The summed E-state index contributed by atoms with van der Waals surface area (Å²) < 4.78 is 40.2. The molecule has 3 fully saturated rings. The molecule has 1 saturated carbocycles. The quantitative estimate of drug-likeness (QED) is 0.555. The molecule has 178 valence electrons. The summed E-state index contributed by atoms with van der Waals surface area (Å²) in [6.45, 7) is 1.91. The number of cyclic esters (lactones) is 1. The summed E-state index contributed by atoms with van der Waals surface area (Å²) in [7, 11) is 0. The molecule has 6 rings (SSSR count). The van der Waals surface area contributed by atoms with Crippen LogP contribution in [0.25, 0.3) is 11.1 Å². The molecule has 0 bridgehead atoms. The molecule has 3 aromatic rings. The van der Waals surface area contributed by atoms with E-state index in [2.05, 4.69) is 26.8 Å². The number of rotatable bonds is 6. The lowest BCUT2D eigenvalue weighted by atomic mass is 9.95. The number of fused-ring (bicyclic) bond motifs is 1. The molecular weight excluding hydrogens is 458 g/mol. The van der Waals surface area contributed by atoms with E-state index in [4.69, 9.17) is 9.26 Å². The summed E-state index contributed by atoms with van der Waals surface area (Å²) in [4.78, 5) is 17.9. The second-order valence-electron chi connectivity index (χ2n) is 8.95. The fraction of sp³-hybridized carbons (Fsp3) is 0.333. The largest absolute Gasteiger partial charge is 0.442 e. The first kappa shape index (κ1) is 21.5. The van der Waals surface area contributed by atoms with Crippen molar-refractivity contribution in [2.75, 3.05) is 36.4 Å². The van der Waals surface area contributed by atoms with E-state index in [-0.39, 0.29) is 41.7 Å². The summed E-state index contributed by atoms with van der Waals surface area (Å²) >= 11 is 0. The molecule has 11 heteroatoms. The van der Waals surface area contributed by atoms with E-state index in [1.807, 2.05) is 0 Å². The predicted molar refractivity (Wildman–Crippen MR) is 119 cm³/mol. The van der Waals surface area contributed by atoms with E-state index >= 15 is 8.78 Å². The molecule has 4 heterocycles. The van der Waals surface area contributed by atoms with Crippen molar-refractivity contribution in [3.05, 3.63) is 60.1 Å². The van der Waals surface area contributed by atoms with Crippen molar-refractivity contribution < 1.29 is 22.8 Å². The molecule has 2 N–H and O–H groups in total. The Labute approximate surface area is 198 Å². The Hall–Kier alpha value is -4.04. The summed E-state index contributed by atoms with van der Waals surface area (Å²) in [5.74, 6) is -0.728. The summed E-state index contributed by atoms with van der Waals surface area (Å²) in [6, 6.07) is 9.49. The van der Waals surface area contributed by atoms with Gasteiger partial charge in [0, 0.05) is 42.8 Å². The van der Waals surface area contributed by atoms with Crippen LogP contribution in [0.4, 0.5) is 25.1 Å². The molecular formula is C24H20F2N6O3. The third kappa shape index (κ3) is 3.40. The molecule has 1 aromatic carbocycles. The lowest BCUT2D eigenvalue weighted by Gasteiger charge is -2.16. The number of nitrogens with one attached hydrogen (secondary N) is 2. The Morgan fingerprint density at radius 3 is 2.63 bits per heavy atom. The standard InChI is InChI=1S/C24H20F2N6O3/c25-18-5-14(32-11-15(35-23(32)33)8-30-21-3-4-34-31-21)6-19(26)22(18)13-1-2-20(29-7-13)24(12-27)16-9-28-10-17(16)24/h1-7,15-17,28H,8-11H2,(H,30,31)/t15-,16-,17+,24?/m0/s1. The lowest BCUT2D eigenvalue weighted by Crippen LogP contribution is -2.27. The molecule has 0 radical (unpaired) electrons. The number of pyridine rings is 1. The topological polar surface area (TPSA) is 116 Å². The second-order valence-corrected chi connectivity index (χ2v) is 8.95.